The lowest BCUT2D eigenvalue weighted by molar-refractivity contribution is -0.120. The third-order valence-corrected chi connectivity index (χ3v) is 6.27. The minimum Gasteiger partial charge on any atom is -0.366 e. The Hall–Kier alpha value is -3.73. The van der Waals surface area contributed by atoms with Crippen molar-refractivity contribution in [1.82, 2.24) is 9.88 Å². The maximum atomic E-state index is 13.8. The largest absolute Gasteiger partial charge is 0.366 e. The summed E-state index contributed by atoms with van der Waals surface area (Å²) < 4.78 is 0. The van der Waals surface area contributed by atoms with E-state index in [1.807, 2.05) is 87.2 Å². The average molecular weight is 440 g/mol. The predicted molar refractivity (Wildman–Crippen MR) is 132 cm³/mol. The van der Waals surface area contributed by atoms with Crippen LogP contribution in [0.2, 0.25) is 0 Å². The first-order valence-electron chi connectivity index (χ1n) is 11.3. The Morgan fingerprint density at radius 2 is 1.55 bits per heavy atom. The van der Waals surface area contributed by atoms with Crippen LogP contribution in [0.5, 0.6) is 0 Å². The highest BCUT2D eigenvalue weighted by Gasteiger charge is 2.42. The Balaban J connectivity index is 1.77. The van der Waals surface area contributed by atoms with Crippen LogP contribution in [-0.2, 0) is 16.0 Å². The number of hydrogen-bond donors (Lipinski definition) is 0. The fourth-order valence-corrected chi connectivity index (χ4v) is 4.13. The van der Waals surface area contributed by atoms with Crippen molar-refractivity contribution in [1.29, 1.82) is 0 Å². The first-order chi connectivity index (χ1) is 15.9. The van der Waals surface area contributed by atoms with Crippen LogP contribution in [0.1, 0.15) is 34.7 Å². The Labute approximate surface area is 195 Å². The quantitative estimate of drug-likeness (QED) is 0.494. The van der Waals surface area contributed by atoms with E-state index < -0.39 is 0 Å². The minimum atomic E-state index is -0.274. The molecule has 33 heavy (non-hydrogen) atoms. The second kappa shape index (κ2) is 9.41. The maximum absolute atomic E-state index is 13.8. The molecule has 0 radical (unpaired) electrons. The third kappa shape index (κ3) is 4.44. The van der Waals surface area contributed by atoms with Crippen molar-refractivity contribution in [2.75, 3.05) is 18.0 Å². The van der Waals surface area contributed by atoms with Crippen LogP contribution in [0.3, 0.4) is 0 Å². The molecule has 0 atom stereocenters. The number of carbonyl (C=O) groups excluding carboxylic acids is 2. The highest BCUT2D eigenvalue weighted by molar-refractivity contribution is 6.45. The first-order valence-corrected chi connectivity index (χ1v) is 11.3. The molecule has 5 nitrogen and oxygen atoms in total. The van der Waals surface area contributed by atoms with Gasteiger partial charge in [0.15, 0.2) is 0 Å². The van der Waals surface area contributed by atoms with E-state index in [0.717, 1.165) is 34.2 Å². The molecule has 0 unspecified atom stereocenters. The van der Waals surface area contributed by atoms with E-state index in [9.17, 15) is 9.59 Å². The predicted octanol–water partition coefficient (Wildman–Crippen LogP) is 4.86. The Morgan fingerprint density at radius 1 is 0.848 bits per heavy atom. The molecule has 1 aliphatic rings. The number of benzene rings is 2. The monoisotopic (exact) mass is 439 g/mol. The SMILES string of the molecule is CCN(CCc1ccncc1)C1=C(c2ccc(C)cc2)C(=O)N(c2ccc(C)c(C)c2)C1=O. The van der Waals surface area contributed by atoms with Crippen LogP contribution in [-0.4, -0.2) is 34.8 Å². The summed E-state index contributed by atoms with van der Waals surface area (Å²) in [5.41, 5.74) is 6.73. The van der Waals surface area contributed by atoms with Gasteiger partial charge in [-0.15, -0.1) is 0 Å². The Bertz CT molecular complexity index is 1210. The van der Waals surface area contributed by atoms with Crippen LogP contribution in [0.25, 0.3) is 5.57 Å². The molecule has 0 bridgehead atoms. The molecule has 2 heterocycles. The molecule has 1 aromatic heterocycles. The lowest BCUT2D eigenvalue weighted by Gasteiger charge is -2.25. The molecule has 1 aliphatic heterocycles. The van der Waals surface area contributed by atoms with Gasteiger partial charge in [0.1, 0.15) is 5.70 Å². The summed E-state index contributed by atoms with van der Waals surface area (Å²) in [6, 6.07) is 17.5. The van der Waals surface area contributed by atoms with Gasteiger partial charge in [0.25, 0.3) is 11.8 Å². The van der Waals surface area contributed by atoms with Crippen molar-refractivity contribution in [3.63, 3.8) is 0 Å². The summed E-state index contributed by atoms with van der Waals surface area (Å²) in [7, 11) is 0. The standard InChI is InChI=1S/C28H29N3O2/c1-5-30(17-14-22-12-15-29-16-13-22)26-25(23-9-6-19(2)7-10-23)27(32)31(28(26)33)24-11-8-20(3)21(4)18-24/h6-13,15-16,18H,5,14,17H2,1-4H3. The number of pyridine rings is 1. The molecule has 0 aliphatic carbocycles. The number of hydrogen-bond acceptors (Lipinski definition) is 4. The number of anilines is 1. The molecule has 0 saturated carbocycles. The van der Waals surface area contributed by atoms with Gasteiger partial charge in [-0.05, 0) is 80.6 Å². The number of amides is 2. The summed E-state index contributed by atoms with van der Waals surface area (Å²) in [5, 5.41) is 0. The van der Waals surface area contributed by atoms with E-state index in [1.165, 1.54) is 4.90 Å². The fourth-order valence-electron chi connectivity index (χ4n) is 4.13. The van der Waals surface area contributed by atoms with Gasteiger partial charge in [-0.2, -0.15) is 0 Å². The fraction of sp³-hybridized carbons (Fsp3) is 0.250. The van der Waals surface area contributed by atoms with E-state index in [-0.39, 0.29) is 11.8 Å². The second-order valence-electron chi connectivity index (χ2n) is 8.49. The second-order valence-corrected chi connectivity index (χ2v) is 8.49. The highest BCUT2D eigenvalue weighted by Crippen LogP contribution is 2.35. The smallest absolute Gasteiger partial charge is 0.282 e. The van der Waals surface area contributed by atoms with Crippen molar-refractivity contribution < 1.29 is 9.59 Å². The van der Waals surface area contributed by atoms with Gasteiger partial charge < -0.3 is 4.90 Å². The zero-order valence-electron chi connectivity index (χ0n) is 19.6. The highest BCUT2D eigenvalue weighted by atomic mass is 16.2. The summed E-state index contributed by atoms with van der Waals surface area (Å²) in [6.45, 7) is 9.29. The van der Waals surface area contributed by atoms with E-state index in [1.54, 1.807) is 12.4 Å². The van der Waals surface area contributed by atoms with Gasteiger partial charge in [-0.3, -0.25) is 14.6 Å². The van der Waals surface area contributed by atoms with Crippen molar-refractivity contribution in [2.24, 2.45) is 0 Å². The van der Waals surface area contributed by atoms with Gasteiger partial charge in [0, 0.05) is 25.5 Å². The molecule has 2 amide bonds. The van der Waals surface area contributed by atoms with Crippen molar-refractivity contribution >= 4 is 23.1 Å². The van der Waals surface area contributed by atoms with E-state index >= 15 is 0 Å². The zero-order valence-corrected chi connectivity index (χ0v) is 19.6. The third-order valence-electron chi connectivity index (χ3n) is 6.27. The van der Waals surface area contributed by atoms with Crippen LogP contribution < -0.4 is 4.90 Å². The molecule has 5 heteroatoms. The Kier molecular flexibility index (Phi) is 6.40. The molecule has 0 spiro atoms. The lowest BCUT2D eigenvalue weighted by atomic mass is 10.0. The number of aryl methyl sites for hydroxylation is 3. The minimum absolute atomic E-state index is 0.268. The van der Waals surface area contributed by atoms with Crippen molar-refractivity contribution in [3.05, 3.63) is 101 Å². The summed E-state index contributed by atoms with van der Waals surface area (Å²) in [5.74, 6) is -0.542. The molecule has 0 saturated heterocycles. The van der Waals surface area contributed by atoms with Crippen LogP contribution in [0.15, 0.2) is 72.7 Å². The summed E-state index contributed by atoms with van der Waals surface area (Å²) >= 11 is 0. The van der Waals surface area contributed by atoms with Crippen LogP contribution >= 0.6 is 0 Å². The molecular weight excluding hydrogens is 410 g/mol. The maximum Gasteiger partial charge on any atom is 0.282 e. The molecule has 168 valence electrons. The summed E-state index contributed by atoms with van der Waals surface area (Å²) in [6.07, 6.45) is 4.30. The Morgan fingerprint density at radius 3 is 2.18 bits per heavy atom. The number of imide groups is 1. The molecule has 3 aromatic rings. The molecule has 2 aromatic carbocycles. The first kappa shape index (κ1) is 22.5. The van der Waals surface area contributed by atoms with Crippen LogP contribution in [0, 0.1) is 20.8 Å². The van der Waals surface area contributed by atoms with Crippen molar-refractivity contribution in [2.45, 2.75) is 34.1 Å². The number of carbonyl (C=O) groups is 2. The molecule has 4 rings (SSSR count). The number of rotatable bonds is 7. The number of likely N-dealkylation sites (N-methyl/N-ethyl adjacent to an activating group) is 1. The lowest BCUT2D eigenvalue weighted by Crippen LogP contribution is -2.36. The topological polar surface area (TPSA) is 53.5 Å². The zero-order chi connectivity index (χ0) is 23.5. The average Bonchev–Trinajstić information content (AvgIpc) is 3.07. The van der Waals surface area contributed by atoms with Gasteiger partial charge in [-0.1, -0.05) is 35.9 Å². The number of aromatic nitrogens is 1. The van der Waals surface area contributed by atoms with Gasteiger partial charge in [-0.25, -0.2) is 4.90 Å². The van der Waals surface area contributed by atoms with Gasteiger partial charge in [0.05, 0.1) is 11.3 Å². The molecule has 0 fully saturated rings. The van der Waals surface area contributed by atoms with Gasteiger partial charge >= 0.3 is 0 Å². The summed E-state index contributed by atoms with van der Waals surface area (Å²) in [4.78, 5) is 34.9. The van der Waals surface area contributed by atoms with Crippen LogP contribution in [0.4, 0.5) is 5.69 Å². The molecule has 0 N–H and O–H groups in total. The normalized spacial score (nSPS) is 13.8. The van der Waals surface area contributed by atoms with Gasteiger partial charge in [0.2, 0.25) is 0 Å². The van der Waals surface area contributed by atoms with E-state index in [4.69, 9.17) is 0 Å². The van der Waals surface area contributed by atoms with Crippen molar-refractivity contribution in [3.8, 4) is 0 Å². The van der Waals surface area contributed by atoms with E-state index in [2.05, 4.69) is 4.98 Å². The molecular formula is C28H29N3O2. The van der Waals surface area contributed by atoms with E-state index in [0.29, 0.717) is 30.0 Å². The number of nitrogens with zero attached hydrogens (tertiary/aromatic N) is 3.